The highest BCUT2D eigenvalue weighted by molar-refractivity contribution is 9.10. The largest absolute Gasteiger partial charge is 0.396 e. The van der Waals surface area contributed by atoms with Crippen LogP contribution in [0.4, 0.5) is 0 Å². The molecule has 0 aliphatic rings. The lowest BCUT2D eigenvalue weighted by Crippen LogP contribution is -1.97. The van der Waals surface area contributed by atoms with Gasteiger partial charge in [-0.1, -0.05) is 35.0 Å². The number of hydrogen-bond donors (Lipinski definition) is 1. The fraction of sp³-hybridized carbons (Fsp3) is 0.333. The maximum absolute atomic E-state index is 8.86. The van der Waals surface area contributed by atoms with Crippen molar-refractivity contribution in [2.75, 3.05) is 6.61 Å². The monoisotopic (exact) mass is 214 g/mol. The van der Waals surface area contributed by atoms with E-state index in [0.717, 1.165) is 4.47 Å². The van der Waals surface area contributed by atoms with Crippen molar-refractivity contribution in [2.24, 2.45) is 0 Å². The molecule has 0 unspecified atom stereocenters. The third-order valence-electron chi connectivity index (χ3n) is 1.69. The first-order valence-electron chi connectivity index (χ1n) is 3.60. The lowest BCUT2D eigenvalue weighted by atomic mass is 10.0. The third kappa shape index (κ3) is 2.31. The van der Waals surface area contributed by atoms with Gasteiger partial charge in [0, 0.05) is 17.0 Å². The van der Waals surface area contributed by atoms with Crippen LogP contribution < -0.4 is 0 Å². The standard InChI is InChI=1S/C9H11BrO/c1-7(6-11)8-3-2-4-9(10)5-8/h2-5,7,11H,6H2,1H3/t7-/m1/s1. The highest BCUT2D eigenvalue weighted by Crippen LogP contribution is 2.18. The summed E-state index contributed by atoms with van der Waals surface area (Å²) in [5.41, 5.74) is 1.17. The minimum absolute atomic E-state index is 0.205. The van der Waals surface area contributed by atoms with Gasteiger partial charge in [0.1, 0.15) is 0 Å². The van der Waals surface area contributed by atoms with Crippen LogP contribution in [0.1, 0.15) is 18.4 Å². The second-order valence-electron chi connectivity index (χ2n) is 2.64. The van der Waals surface area contributed by atoms with E-state index in [-0.39, 0.29) is 12.5 Å². The molecule has 1 rings (SSSR count). The van der Waals surface area contributed by atoms with Crippen molar-refractivity contribution in [2.45, 2.75) is 12.8 Å². The summed E-state index contributed by atoms with van der Waals surface area (Å²) >= 11 is 3.38. The van der Waals surface area contributed by atoms with Crippen LogP contribution in [0.5, 0.6) is 0 Å². The molecule has 1 N–H and O–H groups in total. The van der Waals surface area contributed by atoms with Gasteiger partial charge in [-0.05, 0) is 17.7 Å². The maximum atomic E-state index is 8.86. The highest BCUT2D eigenvalue weighted by Gasteiger charge is 2.02. The zero-order valence-corrected chi connectivity index (χ0v) is 8.01. The summed E-state index contributed by atoms with van der Waals surface area (Å²) in [5.74, 6) is 0.229. The minimum Gasteiger partial charge on any atom is -0.396 e. The van der Waals surface area contributed by atoms with E-state index in [0.29, 0.717) is 0 Å². The molecule has 0 bridgehead atoms. The molecule has 0 amide bonds. The Bertz CT molecular complexity index is 235. The van der Waals surface area contributed by atoms with Crippen LogP contribution in [0.25, 0.3) is 0 Å². The predicted molar refractivity (Wildman–Crippen MR) is 49.6 cm³/mol. The van der Waals surface area contributed by atoms with Gasteiger partial charge in [0.15, 0.2) is 0 Å². The highest BCUT2D eigenvalue weighted by atomic mass is 79.9. The molecule has 1 atom stereocenters. The molecule has 2 heteroatoms. The Kier molecular flexibility index (Phi) is 3.09. The topological polar surface area (TPSA) is 20.2 Å². The Balaban J connectivity index is 2.86. The second kappa shape index (κ2) is 3.88. The van der Waals surface area contributed by atoms with Gasteiger partial charge in [-0.15, -0.1) is 0 Å². The molecule has 1 aromatic carbocycles. The van der Waals surface area contributed by atoms with E-state index in [1.165, 1.54) is 5.56 Å². The molecule has 60 valence electrons. The normalized spacial score (nSPS) is 13.0. The smallest absolute Gasteiger partial charge is 0.0497 e. The Morgan fingerprint density at radius 1 is 1.55 bits per heavy atom. The number of aliphatic hydroxyl groups is 1. The lowest BCUT2D eigenvalue weighted by Gasteiger charge is -2.07. The second-order valence-corrected chi connectivity index (χ2v) is 3.55. The zero-order chi connectivity index (χ0) is 8.27. The average molecular weight is 215 g/mol. The molecule has 0 fully saturated rings. The van der Waals surface area contributed by atoms with Crippen LogP contribution in [0.2, 0.25) is 0 Å². The molecule has 0 aromatic heterocycles. The molecule has 1 nitrogen and oxygen atoms in total. The van der Waals surface area contributed by atoms with E-state index in [1.54, 1.807) is 0 Å². The van der Waals surface area contributed by atoms with Crippen molar-refractivity contribution >= 4 is 15.9 Å². The number of rotatable bonds is 2. The van der Waals surface area contributed by atoms with Crippen molar-refractivity contribution in [1.82, 2.24) is 0 Å². The lowest BCUT2D eigenvalue weighted by molar-refractivity contribution is 0.273. The van der Waals surface area contributed by atoms with Crippen LogP contribution in [-0.4, -0.2) is 11.7 Å². The van der Waals surface area contributed by atoms with Crippen LogP contribution in [0, 0.1) is 0 Å². The number of benzene rings is 1. The molecule has 0 heterocycles. The van der Waals surface area contributed by atoms with Crippen molar-refractivity contribution in [3.05, 3.63) is 34.3 Å². The Morgan fingerprint density at radius 3 is 2.82 bits per heavy atom. The fourth-order valence-electron chi connectivity index (χ4n) is 0.919. The first kappa shape index (κ1) is 8.75. The van der Waals surface area contributed by atoms with Gasteiger partial charge in [-0.2, -0.15) is 0 Å². The summed E-state index contributed by atoms with van der Waals surface area (Å²) in [7, 11) is 0. The average Bonchev–Trinajstić information content (AvgIpc) is 2.03. The third-order valence-corrected chi connectivity index (χ3v) is 2.18. The van der Waals surface area contributed by atoms with Crippen LogP contribution in [0.3, 0.4) is 0 Å². The molecule has 0 spiro atoms. The quantitative estimate of drug-likeness (QED) is 0.803. The van der Waals surface area contributed by atoms with E-state index in [9.17, 15) is 0 Å². The van der Waals surface area contributed by atoms with E-state index >= 15 is 0 Å². The SMILES string of the molecule is C[C@H](CO)c1cccc(Br)c1. The van der Waals surface area contributed by atoms with Crippen LogP contribution in [-0.2, 0) is 0 Å². The number of halogens is 1. The van der Waals surface area contributed by atoms with Crippen LogP contribution in [0.15, 0.2) is 28.7 Å². The van der Waals surface area contributed by atoms with Crippen molar-refractivity contribution in [3.8, 4) is 0 Å². The number of aliphatic hydroxyl groups excluding tert-OH is 1. The molecular weight excluding hydrogens is 204 g/mol. The molecule has 0 saturated carbocycles. The van der Waals surface area contributed by atoms with Gasteiger partial charge in [0.25, 0.3) is 0 Å². The molecule has 1 aromatic rings. The van der Waals surface area contributed by atoms with E-state index in [1.807, 2.05) is 31.2 Å². The summed E-state index contributed by atoms with van der Waals surface area (Å²) in [4.78, 5) is 0. The summed E-state index contributed by atoms with van der Waals surface area (Å²) in [6, 6.07) is 8.01. The summed E-state index contributed by atoms with van der Waals surface area (Å²) in [5, 5.41) is 8.86. The van der Waals surface area contributed by atoms with Gasteiger partial charge in [-0.25, -0.2) is 0 Å². The predicted octanol–water partition coefficient (Wildman–Crippen LogP) is 2.54. The minimum atomic E-state index is 0.205. The Hall–Kier alpha value is -0.340. The Labute approximate surface area is 75.2 Å². The van der Waals surface area contributed by atoms with Gasteiger partial charge in [0.05, 0.1) is 0 Å². The Morgan fingerprint density at radius 2 is 2.27 bits per heavy atom. The zero-order valence-electron chi connectivity index (χ0n) is 6.42. The summed E-state index contributed by atoms with van der Waals surface area (Å²) in [6.07, 6.45) is 0. The van der Waals surface area contributed by atoms with Crippen molar-refractivity contribution in [1.29, 1.82) is 0 Å². The van der Waals surface area contributed by atoms with Gasteiger partial charge in [0.2, 0.25) is 0 Å². The van der Waals surface area contributed by atoms with E-state index in [2.05, 4.69) is 15.9 Å². The van der Waals surface area contributed by atoms with Crippen LogP contribution >= 0.6 is 15.9 Å². The van der Waals surface area contributed by atoms with E-state index in [4.69, 9.17) is 5.11 Å². The molecule has 0 aliphatic heterocycles. The first-order chi connectivity index (χ1) is 5.24. The summed E-state index contributed by atoms with van der Waals surface area (Å²) < 4.78 is 1.07. The van der Waals surface area contributed by atoms with Gasteiger partial charge >= 0.3 is 0 Å². The molecule has 0 saturated heterocycles. The number of hydrogen-bond acceptors (Lipinski definition) is 1. The van der Waals surface area contributed by atoms with Crippen molar-refractivity contribution < 1.29 is 5.11 Å². The summed E-state index contributed by atoms with van der Waals surface area (Å²) in [6.45, 7) is 2.21. The molecule has 0 aliphatic carbocycles. The van der Waals surface area contributed by atoms with Crippen molar-refractivity contribution in [3.63, 3.8) is 0 Å². The van der Waals surface area contributed by atoms with E-state index < -0.39 is 0 Å². The molecule has 11 heavy (non-hydrogen) atoms. The fourth-order valence-corrected chi connectivity index (χ4v) is 1.34. The van der Waals surface area contributed by atoms with Gasteiger partial charge < -0.3 is 5.11 Å². The van der Waals surface area contributed by atoms with Gasteiger partial charge in [-0.3, -0.25) is 0 Å². The first-order valence-corrected chi connectivity index (χ1v) is 4.39. The molecular formula is C9H11BrO. The maximum Gasteiger partial charge on any atom is 0.0497 e. The molecule has 0 radical (unpaired) electrons.